The molecule has 5 saturated carbocycles. The highest BCUT2D eigenvalue weighted by atomic mass is 32.2. The van der Waals surface area contributed by atoms with Crippen molar-refractivity contribution in [2.75, 3.05) is 12.3 Å². The van der Waals surface area contributed by atoms with Gasteiger partial charge in [0.1, 0.15) is 0 Å². The van der Waals surface area contributed by atoms with Gasteiger partial charge in [-0.15, -0.1) is 0 Å². The first-order valence-electron chi connectivity index (χ1n) is 13.4. The summed E-state index contributed by atoms with van der Waals surface area (Å²) in [7, 11) is 0. The Balaban J connectivity index is 1.26. The first-order valence-corrected chi connectivity index (χ1v) is 14.3. The molecular weight excluding hydrogens is 418 g/mol. The minimum absolute atomic E-state index is 0.0196. The smallest absolute Gasteiger partial charge is 0.289 e. The molecule has 176 valence electrons. The van der Waals surface area contributed by atoms with Crippen LogP contribution in [0.4, 0.5) is 4.79 Å². The van der Waals surface area contributed by atoms with Crippen LogP contribution in [-0.2, 0) is 9.59 Å². The van der Waals surface area contributed by atoms with Gasteiger partial charge in [-0.25, -0.2) is 0 Å². The van der Waals surface area contributed by atoms with Gasteiger partial charge in [-0.05, 0) is 111 Å². The van der Waals surface area contributed by atoms with Gasteiger partial charge in [0, 0.05) is 5.92 Å². The van der Waals surface area contributed by atoms with E-state index in [2.05, 4.69) is 13.8 Å². The number of carbonyl (C=O) groups excluding carboxylic acids is 3. The summed E-state index contributed by atoms with van der Waals surface area (Å²) in [5.41, 5.74) is 0.0687. The molecule has 0 N–H and O–H groups in total. The van der Waals surface area contributed by atoms with E-state index in [1.165, 1.54) is 62.7 Å². The maximum Gasteiger partial charge on any atom is 0.289 e. The van der Waals surface area contributed by atoms with Crippen molar-refractivity contribution in [2.45, 2.75) is 78.1 Å². The fourth-order valence-electron chi connectivity index (χ4n) is 9.57. The summed E-state index contributed by atoms with van der Waals surface area (Å²) in [6.45, 7) is 4.90. The third-order valence-electron chi connectivity index (χ3n) is 11.0. The van der Waals surface area contributed by atoms with Gasteiger partial charge in [0.25, 0.3) is 5.24 Å². The predicted octanol–water partition coefficient (Wildman–Crippen LogP) is 5.79. The number of hydrogen-bond acceptors (Lipinski definition) is 4. The number of nitrogens with zero attached hydrogens (tertiary/aromatic N) is 1. The molecule has 4 nitrogen and oxygen atoms in total. The highest BCUT2D eigenvalue weighted by Gasteiger charge is 2.63. The summed E-state index contributed by atoms with van der Waals surface area (Å²) < 4.78 is 0. The first-order chi connectivity index (χ1) is 15.4. The number of carbonyl (C=O) groups is 3. The van der Waals surface area contributed by atoms with Crippen molar-refractivity contribution in [1.29, 1.82) is 0 Å². The summed E-state index contributed by atoms with van der Waals surface area (Å²) in [6.07, 6.45) is 13.3. The topological polar surface area (TPSA) is 54.5 Å². The Morgan fingerprint density at radius 1 is 0.938 bits per heavy atom. The Hall–Kier alpha value is -0.840. The van der Waals surface area contributed by atoms with Crippen LogP contribution in [0.5, 0.6) is 0 Å². The molecule has 0 radical (unpaired) electrons. The predicted molar refractivity (Wildman–Crippen MR) is 126 cm³/mol. The molecule has 5 aliphatic carbocycles. The highest BCUT2D eigenvalue weighted by Crippen LogP contribution is 2.69. The van der Waals surface area contributed by atoms with Crippen LogP contribution < -0.4 is 0 Å². The van der Waals surface area contributed by atoms with Crippen LogP contribution in [0.3, 0.4) is 0 Å². The molecule has 0 aromatic heterocycles. The normalized spacial score (nSPS) is 48.4. The Morgan fingerprint density at radius 2 is 1.69 bits per heavy atom. The van der Waals surface area contributed by atoms with Gasteiger partial charge in [-0.1, -0.05) is 32.0 Å². The molecule has 6 fully saturated rings. The molecule has 6 rings (SSSR count). The van der Waals surface area contributed by atoms with E-state index in [1.54, 1.807) is 0 Å². The van der Waals surface area contributed by atoms with Crippen molar-refractivity contribution in [3.63, 3.8) is 0 Å². The third-order valence-corrected chi connectivity index (χ3v) is 11.9. The maximum absolute atomic E-state index is 13.6. The molecule has 0 spiro atoms. The number of thioether (sulfide) groups is 1. The standard InChI is InChI=1S/C27H39NO3S/c1-15-3-7-18-17(11-15)6-8-20-19(18)9-10-27(2)22(12-21(25(20)27)16-4-5-16)23(29)13-28-24(30)14-32-26(28)31/h15-22,25H,3-14H2,1-2H3/t15-,17+,18-,19+,20+,21-,22+,25?,27+/m0/s1. The van der Waals surface area contributed by atoms with Crippen molar-refractivity contribution < 1.29 is 14.4 Å². The average Bonchev–Trinajstić information content (AvgIpc) is 3.50. The van der Waals surface area contributed by atoms with Gasteiger partial charge < -0.3 is 0 Å². The molecule has 9 atom stereocenters. The molecule has 2 amide bonds. The van der Waals surface area contributed by atoms with E-state index in [1.807, 2.05) is 0 Å². The Labute approximate surface area is 197 Å². The lowest BCUT2D eigenvalue weighted by atomic mass is 9.48. The lowest BCUT2D eigenvalue weighted by Crippen LogP contribution is -2.51. The van der Waals surface area contributed by atoms with E-state index in [-0.39, 0.29) is 40.6 Å². The van der Waals surface area contributed by atoms with Gasteiger partial charge in [0.05, 0.1) is 12.3 Å². The molecule has 1 saturated heterocycles. The van der Waals surface area contributed by atoms with E-state index in [0.29, 0.717) is 11.8 Å². The lowest BCUT2D eigenvalue weighted by Gasteiger charge is -2.57. The Morgan fingerprint density at radius 3 is 2.41 bits per heavy atom. The van der Waals surface area contributed by atoms with Gasteiger partial charge in [-0.3, -0.25) is 19.3 Å². The molecule has 1 aliphatic heterocycles. The van der Waals surface area contributed by atoms with E-state index in [4.69, 9.17) is 0 Å². The maximum atomic E-state index is 13.6. The number of amides is 2. The largest absolute Gasteiger partial charge is 0.297 e. The van der Waals surface area contributed by atoms with Gasteiger partial charge >= 0.3 is 0 Å². The Kier molecular flexibility index (Phi) is 5.32. The average molecular weight is 458 g/mol. The summed E-state index contributed by atoms with van der Waals surface area (Å²) in [5, 5.41) is -0.227. The second-order valence-electron chi connectivity index (χ2n) is 12.6. The molecule has 0 aromatic rings. The third kappa shape index (κ3) is 3.34. The number of fused-ring (bicyclic) bond motifs is 5. The van der Waals surface area contributed by atoms with Gasteiger partial charge in [0.2, 0.25) is 5.91 Å². The van der Waals surface area contributed by atoms with Crippen molar-refractivity contribution in [2.24, 2.45) is 58.7 Å². The van der Waals surface area contributed by atoms with Crippen LogP contribution in [-0.4, -0.2) is 34.1 Å². The first kappa shape index (κ1) is 21.7. The second-order valence-corrected chi connectivity index (χ2v) is 13.5. The minimum atomic E-state index is -0.227. The fraction of sp³-hybridized carbons (Fsp3) is 0.889. The molecule has 1 unspecified atom stereocenters. The Bertz CT molecular complexity index is 808. The summed E-state index contributed by atoms with van der Waals surface area (Å²) in [4.78, 5) is 39.1. The SMILES string of the molecule is C[C@H]1CC[C@H]2[C@H](CC[C@H]3C4[C@H](C5CC5)C[C@H](C(=O)CN5C(=O)CSC5=O)[C@@]4(C)CC[C@H]23)C1. The van der Waals surface area contributed by atoms with E-state index in [9.17, 15) is 14.4 Å². The highest BCUT2D eigenvalue weighted by molar-refractivity contribution is 8.14. The van der Waals surface area contributed by atoms with Gasteiger partial charge in [-0.2, -0.15) is 0 Å². The number of hydrogen-bond donors (Lipinski definition) is 0. The summed E-state index contributed by atoms with van der Waals surface area (Å²) >= 11 is 1.05. The van der Waals surface area contributed by atoms with E-state index < -0.39 is 0 Å². The number of Topliss-reactive ketones (excluding diaryl/α,β-unsaturated/α-hetero) is 1. The molecule has 0 bridgehead atoms. The van der Waals surface area contributed by atoms with Crippen molar-refractivity contribution in [1.82, 2.24) is 4.90 Å². The van der Waals surface area contributed by atoms with Crippen molar-refractivity contribution >= 4 is 28.7 Å². The zero-order valence-electron chi connectivity index (χ0n) is 19.8. The lowest BCUT2D eigenvalue weighted by molar-refractivity contribution is -0.136. The van der Waals surface area contributed by atoms with Crippen LogP contribution in [0.2, 0.25) is 0 Å². The molecule has 32 heavy (non-hydrogen) atoms. The second kappa shape index (κ2) is 7.85. The van der Waals surface area contributed by atoms with Crippen LogP contribution in [0.15, 0.2) is 0 Å². The van der Waals surface area contributed by atoms with Crippen molar-refractivity contribution in [3.8, 4) is 0 Å². The molecular formula is C27H39NO3S. The molecule has 5 heteroatoms. The summed E-state index contributed by atoms with van der Waals surface area (Å²) in [6, 6.07) is 0. The van der Waals surface area contributed by atoms with E-state index >= 15 is 0 Å². The number of ketones is 1. The van der Waals surface area contributed by atoms with Crippen LogP contribution in [0.1, 0.15) is 78.1 Å². The number of imide groups is 1. The van der Waals surface area contributed by atoms with E-state index in [0.717, 1.165) is 53.7 Å². The van der Waals surface area contributed by atoms with Crippen LogP contribution in [0.25, 0.3) is 0 Å². The van der Waals surface area contributed by atoms with Crippen LogP contribution in [0, 0.1) is 58.7 Å². The van der Waals surface area contributed by atoms with Gasteiger partial charge in [0.15, 0.2) is 5.78 Å². The summed E-state index contributed by atoms with van der Waals surface area (Å²) in [5.74, 6) is 6.90. The molecule has 1 heterocycles. The number of rotatable bonds is 4. The monoisotopic (exact) mass is 457 g/mol. The minimum Gasteiger partial charge on any atom is -0.297 e. The fourth-order valence-corrected chi connectivity index (χ4v) is 10.3. The zero-order valence-corrected chi connectivity index (χ0v) is 20.6. The zero-order chi connectivity index (χ0) is 22.2. The van der Waals surface area contributed by atoms with Crippen molar-refractivity contribution in [3.05, 3.63) is 0 Å². The van der Waals surface area contributed by atoms with Crippen LogP contribution >= 0.6 is 11.8 Å². The molecule has 0 aromatic carbocycles. The molecule has 6 aliphatic rings. The quantitative estimate of drug-likeness (QED) is 0.536.